The third-order valence-corrected chi connectivity index (χ3v) is 6.00. The van der Waals surface area contributed by atoms with Gasteiger partial charge in [-0.1, -0.05) is 36.4 Å². The lowest BCUT2D eigenvalue weighted by atomic mass is 9.99. The normalized spacial score (nSPS) is 10.5. The quantitative estimate of drug-likeness (QED) is 0.177. The van der Waals surface area contributed by atoms with E-state index in [0.29, 0.717) is 16.4 Å². The summed E-state index contributed by atoms with van der Waals surface area (Å²) in [7, 11) is 1.65. The van der Waals surface area contributed by atoms with Crippen molar-refractivity contribution in [2.24, 2.45) is 0 Å². The molecule has 0 fully saturated rings. The van der Waals surface area contributed by atoms with E-state index in [-0.39, 0.29) is 11.1 Å². The van der Waals surface area contributed by atoms with Gasteiger partial charge in [0.2, 0.25) is 13.9 Å². The Kier molecular flexibility index (Phi) is 12.8. The second-order valence-electron chi connectivity index (χ2n) is 8.07. The molecule has 0 spiro atoms. The smallest absolute Gasteiger partial charge is 0.298 e. The zero-order valence-corrected chi connectivity index (χ0v) is 22.2. The van der Waals surface area contributed by atoms with Crippen LogP contribution in [0.25, 0.3) is 0 Å². The molecule has 2 nitrogen and oxygen atoms in total. The van der Waals surface area contributed by atoms with Gasteiger partial charge in [-0.2, -0.15) is 8.78 Å². The van der Waals surface area contributed by atoms with Crippen LogP contribution in [0.3, 0.4) is 0 Å². The number of halogens is 6. The topological polar surface area (TPSA) is 18.5 Å². The Morgan fingerprint density at radius 3 is 1.49 bits per heavy atom. The molecule has 208 valence electrons. The SMILES string of the molecule is COc1ccc(Cc2ccc(Oc3ccc(C(F)(F)c4ccc(C)c(S)c4)cc3)cc2)cc1.FCF.FCF. The fourth-order valence-electron chi connectivity index (χ4n) is 3.49. The predicted molar refractivity (Wildman–Crippen MR) is 144 cm³/mol. The maximum Gasteiger partial charge on any atom is 0.298 e. The molecule has 4 aromatic carbocycles. The number of alkyl halides is 6. The monoisotopic (exact) mass is 566 g/mol. The van der Waals surface area contributed by atoms with Crippen LogP contribution in [0.15, 0.2) is 95.9 Å². The van der Waals surface area contributed by atoms with E-state index in [0.717, 1.165) is 23.3 Å². The Morgan fingerprint density at radius 2 is 1.05 bits per heavy atom. The molecule has 0 saturated heterocycles. The van der Waals surface area contributed by atoms with Crippen LogP contribution in [0.1, 0.15) is 27.8 Å². The van der Waals surface area contributed by atoms with Crippen LogP contribution in [-0.4, -0.2) is 21.0 Å². The van der Waals surface area contributed by atoms with Gasteiger partial charge in [-0.25, -0.2) is 17.6 Å². The van der Waals surface area contributed by atoms with Crippen LogP contribution in [0.5, 0.6) is 17.2 Å². The first-order valence-corrected chi connectivity index (χ1v) is 12.0. The van der Waals surface area contributed by atoms with Gasteiger partial charge >= 0.3 is 0 Å². The summed E-state index contributed by atoms with van der Waals surface area (Å²) < 4.78 is 79.4. The molecular weight excluding hydrogens is 538 g/mol. The molecule has 0 aliphatic heterocycles. The third-order valence-electron chi connectivity index (χ3n) is 5.51. The van der Waals surface area contributed by atoms with Gasteiger partial charge in [0.05, 0.1) is 7.11 Å². The van der Waals surface area contributed by atoms with E-state index in [1.165, 1.54) is 29.8 Å². The standard InChI is InChI=1S/C28H24F2O2S.2CH2F2/c1-19-3-8-23(18-27(19)33)28(29,30)22-9-15-26(16-10-22)32-25-13-6-21(7-14-25)17-20-4-11-24(31-2)12-5-20;2*2-1-3/h3-16,18,33H,17H2,1-2H3;2*1H2. The first kappa shape index (κ1) is 31.6. The van der Waals surface area contributed by atoms with Crippen LogP contribution >= 0.6 is 12.6 Å². The van der Waals surface area contributed by atoms with Crippen molar-refractivity contribution in [2.75, 3.05) is 21.0 Å². The minimum Gasteiger partial charge on any atom is -0.497 e. The summed E-state index contributed by atoms with van der Waals surface area (Å²) in [5, 5.41) is 0. The Labute approximate surface area is 229 Å². The molecule has 39 heavy (non-hydrogen) atoms. The molecule has 0 aliphatic carbocycles. The highest BCUT2D eigenvalue weighted by atomic mass is 32.1. The molecule has 4 aromatic rings. The summed E-state index contributed by atoms with van der Waals surface area (Å²) in [4.78, 5) is 0.544. The molecule has 0 heterocycles. The van der Waals surface area contributed by atoms with Gasteiger partial charge in [0.15, 0.2) is 0 Å². The maximum atomic E-state index is 14.9. The lowest BCUT2D eigenvalue weighted by molar-refractivity contribution is 0.0426. The number of thiol groups is 1. The highest BCUT2D eigenvalue weighted by molar-refractivity contribution is 7.80. The number of ether oxygens (including phenoxy) is 2. The number of hydrogen-bond acceptors (Lipinski definition) is 3. The van der Waals surface area contributed by atoms with Crippen molar-refractivity contribution in [3.05, 3.63) is 119 Å². The second-order valence-corrected chi connectivity index (χ2v) is 8.55. The number of methoxy groups -OCH3 is 1. The molecule has 9 heteroatoms. The average molecular weight is 567 g/mol. The molecule has 0 N–H and O–H groups in total. The van der Waals surface area contributed by atoms with Crippen molar-refractivity contribution < 1.29 is 35.8 Å². The minimum atomic E-state index is -3.12. The Balaban J connectivity index is 0.000000815. The van der Waals surface area contributed by atoms with Crippen molar-refractivity contribution in [3.63, 3.8) is 0 Å². The summed E-state index contributed by atoms with van der Waals surface area (Å²) >= 11 is 4.27. The summed E-state index contributed by atoms with van der Waals surface area (Å²) in [5.74, 6) is -1.15. The van der Waals surface area contributed by atoms with Crippen molar-refractivity contribution in [3.8, 4) is 17.2 Å². The number of hydrogen-bond donors (Lipinski definition) is 1. The molecule has 0 saturated carbocycles. The van der Waals surface area contributed by atoms with Gasteiger partial charge in [0, 0.05) is 16.0 Å². The van der Waals surface area contributed by atoms with E-state index in [1.54, 1.807) is 25.3 Å². The van der Waals surface area contributed by atoms with E-state index >= 15 is 0 Å². The van der Waals surface area contributed by atoms with Crippen molar-refractivity contribution in [1.82, 2.24) is 0 Å². The first-order chi connectivity index (χ1) is 18.7. The number of aryl methyl sites for hydroxylation is 1. The predicted octanol–water partition coefficient (Wildman–Crippen LogP) is 9.58. The Bertz CT molecular complexity index is 1260. The Morgan fingerprint density at radius 1 is 0.641 bits per heavy atom. The van der Waals surface area contributed by atoms with Gasteiger partial charge in [-0.05, 0) is 84.6 Å². The van der Waals surface area contributed by atoms with Crippen molar-refractivity contribution in [1.29, 1.82) is 0 Å². The van der Waals surface area contributed by atoms with E-state index in [4.69, 9.17) is 9.47 Å². The van der Waals surface area contributed by atoms with Crippen molar-refractivity contribution >= 4 is 12.6 Å². The third kappa shape index (κ3) is 9.58. The molecule has 0 atom stereocenters. The molecule has 0 aromatic heterocycles. The molecular formula is C30H28F6O2S. The van der Waals surface area contributed by atoms with Gasteiger partial charge in [-0.3, -0.25) is 0 Å². The summed E-state index contributed by atoms with van der Waals surface area (Å²) in [6.45, 7) is -1.66. The summed E-state index contributed by atoms with van der Waals surface area (Å²) in [6.07, 6.45) is 0.793. The molecule has 0 radical (unpaired) electrons. The van der Waals surface area contributed by atoms with Crippen LogP contribution in [-0.2, 0) is 12.3 Å². The van der Waals surface area contributed by atoms with Gasteiger partial charge in [0.25, 0.3) is 5.92 Å². The largest absolute Gasteiger partial charge is 0.497 e. The zero-order valence-electron chi connectivity index (χ0n) is 21.3. The average Bonchev–Trinajstić information content (AvgIpc) is 2.93. The molecule has 0 amide bonds. The number of rotatable bonds is 7. The molecule has 4 rings (SSSR count). The van der Waals surface area contributed by atoms with Crippen LogP contribution in [0.4, 0.5) is 26.3 Å². The van der Waals surface area contributed by atoms with Crippen LogP contribution in [0, 0.1) is 6.92 Å². The van der Waals surface area contributed by atoms with Crippen LogP contribution < -0.4 is 9.47 Å². The van der Waals surface area contributed by atoms with Gasteiger partial charge in [-0.15, -0.1) is 12.6 Å². The highest BCUT2D eigenvalue weighted by Crippen LogP contribution is 2.38. The number of benzene rings is 4. The minimum absolute atomic E-state index is 0.0841. The summed E-state index contributed by atoms with van der Waals surface area (Å²) in [6, 6.07) is 26.1. The summed E-state index contributed by atoms with van der Waals surface area (Å²) in [5.41, 5.74) is 3.00. The van der Waals surface area contributed by atoms with Gasteiger partial charge < -0.3 is 9.47 Å². The second kappa shape index (κ2) is 15.7. The van der Waals surface area contributed by atoms with Crippen LogP contribution in [0.2, 0.25) is 0 Å². The molecule has 0 aliphatic rings. The van der Waals surface area contributed by atoms with E-state index in [9.17, 15) is 26.3 Å². The fraction of sp³-hybridized carbons (Fsp3) is 0.200. The maximum absolute atomic E-state index is 14.9. The first-order valence-electron chi connectivity index (χ1n) is 11.6. The van der Waals surface area contributed by atoms with Crippen molar-refractivity contribution in [2.45, 2.75) is 24.2 Å². The zero-order chi connectivity index (χ0) is 28.8. The molecule has 0 bridgehead atoms. The van der Waals surface area contributed by atoms with Gasteiger partial charge in [0.1, 0.15) is 17.2 Å². The van der Waals surface area contributed by atoms with E-state index in [2.05, 4.69) is 12.6 Å². The highest BCUT2D eigenvalue weighted by Gasteiger charge is 2.34. The Hall–Kier alpha value is -3.59. The van der Waals surface area contributed by atoms with E-state index < -0.39 is 19.8 Å². The fourth-order valence-corrected chi connectivity index (χ4v) is 3.71. The molecule has 0 unspecified atom stereocenters. The van der Waals surface area contributed by atoms with E-state index in [1.807, 2.05) is 55.5 Å². The lowest BCUT2D eigenvalue weighted by Gasteiger charge is -2.18. The lowest BCUT2D eigenvalue weighted by Crippen LogP contribution is -2.15.